The summed E-state index contributed by atoms with van der Waals surface area (Å²) in [5.41, 5.74) is 0. The molecule has 0 aromatic carbocycles. The van der Waals surface area contributed by atoms with Crippen LogP contribution in [0, 0.1) is 0 Å². The zero-order chi connectivity index (χ0) is 8.04. The molecule has 0 N–H and O–H groups in total. The van der Waals surface area contributed by atoms with E-state index in [1.165, 1.54) is 6.08 Å². The third-order valence-electron chi connectivity index (χ3n) is 0.987. The summed E-state index contributed by atoms with van der Waals surface area (Å²) in [5, 5.41) is 0.711. The first kappa shape index (κ1) is 9.65. The molecule has 0 aliphatic carbocycles. The molecule has 0 unspecified atom stereocenters. The van der Waals surface area contributed by atoms with Crippen molar-refractivity contribution in [1.82, 2.24) is 0 Å². The molecule has 0 fully saturated rings. The molecule has 0 atom stereocenters. The average molecular weight is 163 g/mol. The Balaban J connectivity index is 3.58. The van der Waals surface area contributed by atoms with E-state index >= 15 is 0 Å². The molecule has 10 heavy (non-hydrogen) atoms. The molecule has 3 nitrogen and oxygen atoms in total. The normalized spacial score (nSPS) is 12.6. The van der Waals surface area contributed by atoms with Crippen LogP contribution in [0.5, 0.6) is 0 Å². The van der Waals surface area contributed by atoms with E-state index in [9.17, 15) is 13.0 Å². The molecule has 59 valence electrons. The van der Waals surface area contributed by atoms with Crippen molar-refractivity contribution in [1.29, 1.82) is 0 Å². The van der Waals surface area contributed by atoms with Gasteiger partial charge < -0.3 is 0 Å². The Morgan fingerprint density at radius 3 is 2.40 bits per heavy atom. The highest BCUT2D eigenvalue weighted by atomic mass is 32.2. The van der Waals surface area contributed by atoms with Crippen LogP contribution in [0.1, 0.15) is 26.2 Å². The largest absolute Gasteiger partial charge is 0.317 e. The van der Waals surface area contributed by atoms with E-state index in [4.69, 9.17) is 0 Å². The minimum atomic E-state index is -4.14. The van der Waals surface area contributed by atoms with Crippen molar-refractivity contribution in [3.63, 3.8) is 0 Å². The quantitative estimate of drug-likeness (QED) is 0.589. The maximum atomic E-state index is 9.95. The highest BCUT2D eigenvalue weighted by molar-refractivity contribution is 7.88. The van der Waals surface area contributed by atoms with Gasteiger partial charge in [-0.2, -0.15) is 8.42 Å². The van der Waals surface area contributed by atoms with Crippen LogP contribution in [-0.4, -0.2) is 8.42 Å². The molecule has 0 aliphatic heterocycles. The average Bonchev–Trinajstić information content (AvgIpc) is 1.78. The molecular formula is C6H11O3S. The first-order chi connectivity index (χ1) is 4.56. The Morgan fingerprint density at radius 1 is 1.40 bits per heavy atom. The minimum absolute atomic E-state index is 0.665. The van der Waals surface area contributed by atoms with E-state index in [0.717, 1.165) is 12.8 Å². The van der Waals surface area contributed by atoms with E-state index in [-0.39, 0.29) is 0 Å². The highest BCUT2D eigenvalue weighted by Crippen LogP contribution is 1.96. The summed E-state index contributed by atoms with van der Waals surface area (Å²) in [5.74, 6) is 0. The summed E-state index contributed by atoms with van der Waals surface area (Å²) in [7, 11) is -4.14. The van der Waals surface area contributed by atoms with Crippen molar-refractivity contribution in [2.24, 2.45) is 0 Å². The molecule has 1 radical (unpaired) electrons. The predicted octanol–water partition coefficient (Wildman–Crippen LogP) is 1.45. The van der Waals surface area contributed by atoms with Crippen molar-refractivity contribution in [2.75, 3.05) is 0 Å². The number of allylic oxidation sites excluding steroid dienone is 1. The number of hydrogen-bond acceptors (Lipinski definition) is 2. The summed E-state index contributed by atoms with van der Waals surface area (Å²) in [6.07, 6.45) is 3.99. The number of unbranched alkanes of at least 4 members (excludes halogenated alkanes) is 2. The van der Waals surface area contributed by atoms with Crippen LogP contribution in [0.15, 0.2) is 11.5 Å². The van der Waals surface area contributed by atoms with E-state index in [1.807, 2.05) is 6.92 Å². The van der Waals surface area contributed by atoms with Crippen molar-refractivity contribution in [2.45, 2.75) is 26.2 Å². The first-order valence-electron chi connectivity index (χ1n) is 3.18. The Morgan fingerprint density at radius 2 is 2.00 bits per heavy atom. The fraction of sp³-hybridized carbons (Fsp3) is 0.667. The van der Waals surface area contributed by atoms with E-state index in [1.54, 1.807) is 0 Å². The van der Waals surface area contributed by atoms with Gasteiger partial charge in [0.15, 0.2) is 0 Å². The lowest BCUT2D eigenvalue weighted by atomic mass is 10.2. The zero-order valence-electron chi connectivity index (χ0n) is 5.91. The molecule has 0 bridgehead atoms. The zero-order valence-corrected chi connectivity index (χ0v) is 6.73. The number of rotatable bonds is 4. The third kappa shape index (κ3) is 7.65. The molecule has 0 saturated heterocycles. The van der Waals surface area contributed by atoms with Gasteiger partial charge in [0.2, 0.25) is 0 Å². The van der Waals surface area contributed by atoms with Crippen LogP contribution >= 0.6 is 0 Å². The second kappa shape index (κ2) is 4.46. The Labute approximate surface area is 61.5 Å². The summed E-state index contributed by atoms with van der Waals surface area (Å²) < 4.78 is 29.9. The lowest BCUT2D eigenvalue weighted by Crippen LogP contribution is -1.86. The van der Waals surface area contributed by atoms with Gasteiger partial charge in [0, 0.05) is 0 Å². The van der Waals surface area contributed by atoms with Gasteiger partial charge in [0.25, 0.3) is 0 Å². The van der Waals surface area contributed by atoms with E-state index in [0.29, 0.717) is 11.8 Å². The summed E-state index contributed by atoms with van der Waals surface area (Å²) in [6.45, 7) is 2.00. The van der Waals surface area contributed by atoms with E-state index in [2.05, 4.69) is 0 Å². The molecule has 0 heterocycles. The summed E-state index contributed by atoms with van der Waals surface area (Å²) >= 11 is 0. The first-order valence-corrected chi connectivity index (χ1v) is 4.66. The minimum Gasteiger partial charge on any atom is -0.192 e. The van der Waals surface area contributed by atoms with Gasteiger partial charge in [-0.15, -0.1) is 0 Å². The standard InChI is InChI=1S/C6H11O3S/c1-2-3-4-5-6-10(7,8)9/h5-6H,2-4H2,1H3/b6-5+. The smallest absolute Gasteiger partial charge is 0.192 e. The molecule has 4 heteroatoms. The van der Waals surface area contributed by atoms with E-state index < -0.39 is 10.1 Å². The Hall–Kier alpha value is -0.350. The van der Waals surface area contributed by atoms with Gasteiger partial charge in [-0.1, -0.05) is 30.4 Å². The van der Waals surface area contributed by atoms with Crippen LogP contribution in [0.2, 0.25) is 0 Å². The molecule has 0 aromatic heterocycles. The van der Waals surface area contributed by atoms with Crippen LogP contribution in [0.25, 0.3) is 0 Å². The van der Waals surface area contributed by atoms with Crippen molar-refractivity contribution in [3.8, 4) is 0 Å². The van der Waals surface area contributed by atoms with Gasteiger partial charge in [0.05, 0.1) is 5.41 Å². The lowest BCUT2D eigenvalue weighted by molar-refractivity contribution is 0.424. The van der Waals surface area contributed by atoms with Crippen LogP contribution < -0.4 is 0 Å². The highest BCUT2D eigenvalue weighted by Gasteiger charge is 1.95. The van der Waals surface area contributed by atoms with Gasteiger partial charge in [-0.05, 0) is 6.42 Å². The lowest BCUT2D eigenvalue weighted by Gasteiger charge is -1.85. The molecule has 0 amide bonds. The van der Waals surface area contributed by atoms with Crippen molar-refractivity contribution < 1.29 is 13.0 Å². The second-order valence-electron chi connectivity index (χ2n) is 2.01. The topological polar surface area (TPSA) is 54.0 Å². The van der Waals surface area contributed by atoms with Gasteiger partial charge in [-0.3, -0.25) is 0 Å². The number of hydrogen-bond donors (Lipinski definition) is 0. The SMILES string of the molecule is CCCC/C=C/S([O])(=O)=O. The summed E-state index contributed by atoms with van der Waals surface area (Å²) in [4.78, 5) is 0. The van der Waals surface area contributed by atoms with Gasteiger partial charge in [0.1, 0.15) is 0 Å². The Bertz CT molecular complexity index is 191. The fourth-order valence-corrected chi connectivity index (χ4v) is 0.880. The predicted molar refractivity (Wildman–Crippen MR) is 38.3 cm³/mol. The van der Waals surface area contributed by atoms with Crippen molar-refractivity contribution in [3.05, 3.63) is 11.5 Å². The molecule has 0 rings (SSSR count). The maximum absolute atomic E-state index is 9.95. The summed E-state index contributed by atoms with van der Waals surface area (Å²) in [6, 6.07) is 0. The molecule has 0 aliphatic rings. The molecular weight excluding hydrogens is 152 g/mol. The molecule has 0 aromatic rings. The van der Waals surface area contributed by atoms with Crippen LogP contribution in [0.4, 0.5) is 0 Å². The third-order valence-corrected chi connectivity index (χ3v) is 1.51. The van der Waals surface area contributed by atoms with Crippen molar-refractivity contribution >= 4 is 10.1 Å². The van der Waals surface area contributed by atoms with Gasteiger partial charge in [-0.25, -0.2) is 0 Å². The van der Waals surface area contributed by atoms with Gasteiger partial charge >= 0.3 is 10.1 Å². The monoisotopic (exact) mass is 163 g/mol. The second-order valence-corrected chi connectivity index (χ2v) is 3.26. The maximum Gasteiger partial charge on any atom is 0.317 e. The fourth-order valence-electron chi connectivity index (χ4n) is 0.508. The van der Waals surface area contributed by atoms with Crippen LogP contribution in [0.3, 0.4) is 0 Å². The Kier molecular flexibility index (Phi) is 4.31. The van der Waals surface area contributed by atoms with Crippen LogP contribution in [-0.2, 0) is 14.7 Å². The molecule has 0 saturated carbocycles. The molecule has 0 spiro atoms.